The first-order valence-corrected chi connectivity index (χ1v) is 6.96. The van der Waals surface area contributed by atoms with Crippen molar-refractivity contribution in [2.24, 2.45) is 0 Å². The Morgan fingerprint density at radius 1 is 1.05 bits per heavy atom. The summed E-state index contributed by atoms with van der Waals surface area (Å²) in [6, 6.07) is 5.03. The first-order chi connectivity index (χ1) is 9.06. The molecule has 1 aliphatic carbocycles. The standard InChI is InChI=1S/C16H21N3/c1-9-7-10(2)12(4)16(11(9)3)14-8-15(19-18-14)17-13-5-6-13/h7-8,13H,5-6H2,1-4H3,(H2,17,18,19). The van der Waals surface area contributed by atoms with Crippen molar-refractivity contribution in [2.75, 3.05) is 5.32 Å². The highest BCUT2D eigenvalue weighted by Gasteiger charge is 2.22. The highest BCUT2D eigenvalue weighted by Crippen LogP contribution is 2.32. The number of aromatic nitrogens is 2. The summed E-state index contributed by atoms with van der Waals surface area (Å²) >= 11 is 0. The Morgan fingerprint density at radius 2 is 1.68 bits per heavy atom. The molecule has 0 saturated heterocycles. The molecule has 1 fully saturated rings. The van der Waals surface area contributed by atoms with Gasteiger partial charge >= 0.3 is 0 Å². The third-order valence-corrected chi connectivity index (χ3v) is 4.14. The van der Waals surface area contributed by atoms with Crippen LogP contribution in [-0.2, 0) is 0 Å². The summed E-state index contributed by atoms with van der Waals surface area (Å²) in [5.74, 6) is 0.968. The van der Waals surface area contributed by atoms with Crippen LogP contribution < -0.4 is 5.32 Å². The maximum Gasteiger partial charge on any atom is 0.148 e. The van der Waals surface area contributed by atoms with E-state index in [1.165, 1.54) is 40.7 Å². The Hall–Kier alpha value is -1.77. The molecule has 3 heteroatoms. The van der Waals surface area contributed by atoms with Crippen LogP contribution in [0.2, 0.25) is 0 Å². The van der Waals surface area contributed by atoms with Gasteiger partial charge in [-0.2, -0.15) is 5.10 Å². The molecule has 1 saturated carbocycles. The molecule has 2 N–H and O–H groups in total. The van der Waals surface area contributed by atoms with Crippen LogP contribution in [0.25, 0.3) is 11.3 Å². The lowest BCUT2D eigenvalue weighted by atomic mass is 9.92. The molecule has 0 unspecified atom stereocenters. The van der Waals surface area contributed by atoms with Gasteiger partial charge in [-0.1, -0.05) is 6.07 Å². The van der Waals surface area contributed by atoms with Crippen LogP contribution >= 0.6 is 0 Å². The van der Waals surface area contributed by atoms with Gasteiger partial charge in [0.1, 0.15) is 5.82 Å². The summed E-state index contributed by atoms with van der Waals surface area (Å²) in [6.07, 6.45) is 2.54. The zero-order valence-electron chi connectivity index (χ0n) is 12.1. The molecule has 0 bridgehead atoms. The van der Waals surface area contributed by atoms with E-state index < -0.39 is 0 Å². The number of aryl methyl sites for hydroxylation is 2. The number of hydrogen-bond acceptors (Lipinski definition) is 2. The third kappa shape index (κ3) is 2.25. The predicted molar refractivity (Wildman–Crippen MR) is 79.6 cm³/mol. The van der Waals surface area contributed by atoms with E-state index in [-0.39, 0.29) is 0 Å². The van der Waals surface area contributed by atoms with Gasteiger partial charge in [-0.25, -0.2) is 0 Å². The molecule has 0 atom stereocenters. The topological polar surface area (TPSA) is 40.7 Å². The summed E-state index contributed by atoms with van der Waals surface area (Å²) in [4.78, 5) is 0. The van der Waals surface area contributed by atoms with Crippen LogP contribution in [0.4, 0.5) is 5.82 Å². The van der Waals surface area contributed by atoms with Crippen LogP contribution in [0, 0.1) is 27.7 Å². The number of rotatable bonds is 3. The fourth-order valence-corrected chi connectivity index (χ4v) is 2.58. The number of hydrogen-bond donors (Lipinski definition) is 2. The molecule has 100 valence electrons. The highest BCUT2D eigenvalue weighted by molar-refractivity contribution is 5.72. The van der Waals surface area contributed by atoms with E-state index in [2.05, 4.69) is 55.3 Å². The predicted octanol–water partition coefficient (Wildman–Crippen LogP) is 3.88. The van der Waals surface area contributed by atoms with Gasteiger partial charge in [0.2, 0.25) is 0 Å². The van der Waals surface area contributed by atoms with E-state index >= 15 is 0 Å². The molecule has 1 aliphatic rings. The molecule has 1 aromatic heterocycles. The van der Waals surface area contributed by atoms with E-state index in [1.807, 2.05) is 0 Å². The number of aromatic amines is 1. The van der Waals surface area contributed by atoms with Gasteiger partial charge in [0.25, 0.3) is 0 Å². The van der Waals surface area contributed by atoms with E-state index in [1.54, 1.807) is 0 Å². The molecule has 1 aromatic carbocycles. The van der Waals surface area contributed by atoms with Gasteiger partial charge in [0.05, 0.1) is 5.69 Å². The van der Waals surface area contributed by atoms with Crippen molar-refractivity contribution in [3.05, 3.63) is 34.4 Å². The molecule has 3 nitrogen and oxygen atoms in total. The Kier molecular flexibility index (Phi) is 2.85. The maximum atomic E-state index is 4.38. The minimum Gasteiger partial charge on any atom is -0.366 e. The normalized spacial score (nSPS) is 14.7. The van der Waals surface area contributed by atoms with Crippen LogP contribution in [0.3, 0.4) is 0 Å². The average molecular weight is 255 g/mol. The molecule has 2 aromatic rings. The zero-order valence-corrected chi connectivity index (χ0v) is 12.1. The number of anilines is 1. The van der Waals surface area contributed by atoms with Crippen molar-refractivity contribution < 1.29 is 0 Å². The smallest absolute Gasteiger partial charge is 0.148 e. The summed E-state index contributed by atoms with van der Waals surface area (Å²) in [5.41, 5.74) is 7.77. The summed E-state index contributed by atoms with van der Waals surface area (Å²) in [5, 5.41) is 11.0. The summed E-state index contributed by atoms with van der Waals surface area (Å²) < 4.78 is 0. The van der Waals surface area contributed by atoms with Crippen molar-refractivity contribution in [3.63, 3.8) is 0 Å². The third-order valence-electron chi connectivity index (χ3n) is 4.14. The number of benzene rings is 1. The lowest BCUT2D eigenvalue weighted by molar-refractivity contribution is 1.05. The molecule has 0 amide bonds. The molecule has 3 rings (SSSR count). The van der Waals surface area contributed by atoms with Crippen molar-refractivity contribution >= 4 is 5.82 Å². The largest absolute Gasteiger partial charge is 0.366 e. The van der Waals surface area contributed by atoms with E-state index in [0.29, 0.717) is 6.04 Å². The van der Waals surface area contributed by atoms with Crippen molar-refractivity contribution in [3.8, 4) is 11.3 Å². The first-order valence-electron chi connectivity index (χ1n) is 6.96. The second-order valence-electron chi connectivity index (χ2n) is 5.72. The van der Waals surface area contributed by atoms with E-state index in [4.69, 9.17) is 0 Å². The van der Waals surface area contributed by atoms with Crippen LogP contribution in [0.15, 0.2) is 12.1 Å². The van der Waals surface area contributed by atoms with E-state index in [0.717, 1.165) is 11.5 Å². The van der Waals surface area contributed by atoms with Crippen LogP contribution in [0.1, 0.15) is 35.1 Å². The zero-order chi connectivity index (χ0) is 13.6. The average Bonchev–Trinajstić information content (AvgIpc) is 3.06. The van der Waals surface area contributed by atoms with Crippen molar-refractivity contribution in [1.29, 1.82) is 0 Å². The van der Waals surface area contributed by atoms with Gasteiger partial charge in [0.15, 0.2) is 0 Å². The molecular formula is C16H21N3. The monoisotopic (exact) mass is 255 g/mol. The number of nitrogens with zero attached hydrogens (tertiary/aromatic N) is 1. The van der Waals surface area contributed by atoms with Gasteiger partial charge in [-0.3, -0.25) is 5.10 Å². The SMILES string of the molecule is Cc1cc(C)c(C)c(-c2cc(NC3CC3)n[nH]2)c1C. The Labute approximate surface area is 114 Å². The fourth-order valence-electron chi connectivity index (χ4n) is 2.58. The number of H-pyrrole nitrogens is 1. The second kappa shape index (κ2) is 4.41. The quantitative estimate of drug-likeness (QED) is 0.873. The van der Waals surface area contributed by atoms with Crippen LogP contribution in [-0.4, -0.2) is 16.2 Å². The van der Waals surface area contributed by atoms with E-state index in [9.17, 15) is 0 Å². The van der Waals surface area contributed by atoms with Crippen molar-refractivity contribution in [1.82, 2.24) is 10.2 Å². The molecule has 0 radical (unpaired) electrons. The highest BCUT2D eigenvalue weighted by atomic mass is 15.2. The van der Waals surface area contributed by atoms with Gasteiger partial charge < -0.3 is 5.32 Å². The van der Waals surface area contributed by atoms with Crippen molar-refractivity contribution in [2.45, 2.75) is 46.6 Å². The Morgan fingerprint density at radius 3 is 2.26 bits per heavy atom. The minimum absolute atomic E-state index is 0.637. The second-order valence-corrected chi connectivity index (χ2v) is 5.72. The lowest BCUT2D eigenvalue weighted by Gasteiger charge is -2.13. The van der Waals surface area contributed by atoms with Gasteiger partial charge in [-0.15, -0.1) is 0 Å². The molecule has 0 spiro atoms. The Bertz CT molecular complexity index is 595. The number of nitrogens with one attached hydrogen (secondary N) is 2. The first kappa shape index (κ1) is 12.3. The lowest BCUT2D eigenvalue weighted by Crippen LogP contribution is -2.00. The minimum atomic E-state index is 0.637. The summed E-state index contributed by atoms with van der Waals surface area (Å²) in [6.45, 7) is 8.72. The molecule has 19 heavy (non-hydrogen) atoms. The van der Waals surface area contributed by atoms with Gasteiger partial charge in [-0.05, 0) is 62.8 Å². The Balaban J connectivity index is 2.03. The summed E-state index contributed by atoms with van der Waals surface area (Å²) in [7, 11) is 0. The molecule has 1 heterocycles. The molecular weight excluding hydrogens is 234 g/mol. The molecule has 0 aliphatic heterocycles. The fraction of sp³-hybridized carbons (Fsp3) is 0.438. The van der Waals surface area contributed by atoms with Crippen LogP contribution in [0.5, 0.6) is 0 Å². The maximum absolute atomic E-state index is 4.38. The van der Waals surface area contributed by atoms with Gasteiger partial charge in [0, 0.05) is 17.7 Å².